The van der Waals surface area contributed by atoms with Gasteiger partial charge in [0.15, 0.2) is 11.5 Å². The van der Waals surface area contributed by atoms with E-state index in [4.69, 9.17) is 18.7 Å². The molecular formula is C25H28N4O6. The van der Waals surface area contributed by atoms with E-state index in [-0.39, 0.29) is 17.7 Å². The van der Waals surface area contributed by atoms with Gasteiger partial charge in [0.25, 0.3) is 5.91 Å². The van der Waals surface area contributed by atoms with Gasteiger partial charge in [-0.3, -0.25) is 9.59 Å². The van der Waals surface area contributed by atoms with Gasteiger partial charge >= 0.3 is 0 Å². The van der Waals surface area contributed by atoms with Crippen molar-refractivity contribution in [3.05, 3.63) is 47.9 Å². The fourth-order valence-corrected chi connectivity index (χ4v) is 4.17. The Hall–Kier alpha value is -4.08. The predicted octanol–water partition coefficient (Wildman–Crippen LogP) is 3.74. The van der Waals surface area contributed by atoms with Gasteiger partial charge in [-0.05, 0) is 49.2 Å². The Balaban J connectivity index is 1.50. The number of likely N-dealkylation sites (tertiary alicyclic amines) is 1. The van der Waals surface area contributed by atoms with Crippen LogP contribution in [0.4, 0.5) is 5.69 Å². The molecule has 1 aliphatic heterocycles. The van der Waals surface area contributed by atoms with E-state index in [1.54, 1.807) is 29.2 Å². The SMILES string of the molecule is COc1cc(C(=O)N2CCC[C@@H](c3nc(-c4ccc(NC(C)=O)cc4)no3)C2)cc(OC)c1OC. The number of benzene rings is 2. The number of nitrogens with zero attached hydrogens (tertiary/aromatic N) is 3. The quantitative estimate of drug-likeness (QED) is 0.544. The standard InChI is InChI=1S/C25H28N4O6/c1-15(30)26-19-9-7-16(8-10-19)23-27-24(35-28-23)17-6-5-11-29(14-17)25(31)18-12-20(32-2)22(34-4)21(13-18)33-3/h7-10,12-13,17H,5-6,11,14H2,1-4H3,(H,26,30)/t17-/m1/s1. The maximum atomic E-state index is 13.3. The molecule has 0 aliphatic carbocycles. The van der Waals surface area contributed by atoms with Gasteiger partial charge in [0.1, 0.15) is 0 Å². The molecule has 2 amide bonds. The van der Waals surface area contributed by atoms with Crippen molar-refractivity contribution in [3.63, 3.8) is 0 Å². The second-order valence-electron chi connectivity index (χ2n) is 8.22. The molecule has 0 saturated carbocycles. The van der Waals surface area contributed by atoms with Gasteiger partial charge in [-0.15, -0.1) is 0 Å². The largest absolute Gasteiger partial charge is 0.493 e. The number of hydrogen-bond acceptors (Lipinski definition) is 8. The van der Waals surface area contributed by atoms with Crippen LogP contribution < -0.4 is 19.5 Å². The summed E-state index contributed by atoms with van der Waals surface area (Å²) in [5.41, 5.74) is 1.92. The average Bonchev–Trinajstić information content (AvgIpc) is 3.38. The summed E-state index contributed by atoms with van der Waals surface area (Å²) in [6.45, 7) is 2.54. The van der Waals surface area contributed by atoms with Crippen molar-refractivity contribution in [2.45, 2.75) is 25.7 Å². The number of hydrogen-bond donors (Lipinski definition) is 1. The number of rotatable bonds is 7. The lowest BCUT2D eigenvalue weighted by Crippen LogP contribution is -2.39. The van der Waals surface area contributed by atoms with Crippen LogP contribution in [0.15, 0.2) is 40.9 Å². The molecule has 0 spiro atoms. The van der Waals surface area contributed by atoms with E-state index < -0.39 is 0 Å². The summed E-state index contributed by atoms with van der Waals surface area (Å²) in [6.07, 6.45) is 1.64. The van der Waals surface area contributed by atoms with E-state index in [1.807, 2.05) is 12.1 Å². The van der Waals surface area contributed by atoms with Crippen LogP contribution in [-0.2, 0) is 4.79 Å². The third-order valence-corrected chi connectivity index (χ3v) is 5.87. The van der Waals surface area contributed by atoms with Crippen molar-refractivity contribution in [2.75, 3.05) is 39.7 Å². The molecular weight excluding hydrogens is 452 g/mol. The second kappa shape index (κ2) is 10.5. The zero-order valence-electron chi connectivity index (χ0n) is 20.2. The molecule has 1 N–H and O–H groups in total. The molecule has 35 heavy (non-hydrogen) atoms. The minimum Gasteiger partial charge on any atom is -0.493 e. The summed E-state index contributed by atoms with van der Waals surface area (Å²) in [5, 5.41) is 6.85. The predicted molar refractivity (Wildman–Crippen MR) is 128 cm³/mol. The number of carbonyl (C=O) groups is 2. The van der Waals surface area contributed by atoms with Gasteiger partial charge in [0.2, 0.25) is 23.4 Å². The van der Waals surface area contributed by atoms with Crippen LogP contribution in [0.25, 0.3) is 11.4 Å². The molecule has 10 nitrogen and oxygen atoms in total. The Kier molecular flexibility index (Phi) is 7.19. The van der Waals surface area contributed by atoms with E-state index in [0.29, 0.717) is 53.3 Å². The Morgan fingerprint density at radius 1 is 1.06 bits per heavy atom. The van der Waals surface area contributed by atoms with Crippen LogP contribution in [0.2, 0.25) is 0 Å². The number of amides is 2. The number of piperidine rings is 1. The molecule has 0 radical (unpaired) electrons. The number of nitrogens with one attached hydrogen (secondary N) is 1. The highest BCUT2D eigenvalue weighted by Gasteiger charge is 2.30. The molecule has 2 heterocycles. The van der Waals surface area contributed by atoms with Crippen molar-refractivity contribution in [3.8, 4) is 28.6 Å². The molecule has 0 unspecified atom stereocenters. The maximum absolute atomic E-state index is 13.3. The Morgan fingerprint density at radius 3 is 2.34 bits per heavy atom. The first kappa shape index (κ1) is 24.1. The zero-order chi connectivity index (χ0) is 24.9. The van der Waals surface area contributed by atoms with Crippen molar-refractivity contribution in [2.24, 2.45) is 0 Å². The maximum Gasteiger partial charge on any atom is 0.254 e. The van der Waals surface area contributed by atoms with Crippen LogP contribution in [-0.4, -0.2) is 61.3 Å². The minimum atomic E-state index is -0.137. The zero-order valence-corrected chi connectivity index (χ0v) is 20.2. The van der Waals surface area contributed by atoms with Crippen LogP contribution in [0, 0.1) is 0 Å². The molecule has 2 aromatic carbocycles. The molecule has 10 heteroatoms. The topological polar surface area (TPSA) is 116 Å². The lowest BCUT2D eigenvalue weighted by molar-refractivity contribution is -0.114. The first-order valence-electron chi connectivity index (χ1n) is 11.2. The van der Waals surface area contributed by atoms with Crippen molar-refractivity contribution in [1.29, 1.82) is 0 Å². The monoisotopic (exact) mass is 480 g/mol. The fraction of sp³-hybridized carbons (Fsp3) is 0.360. The highest BCUT2D eigenvalue weighted by Crippen LogP contribution is 2.39. The van der Waals surface area contributed by atoms with Gasteiger partial charge < -0.3 is 29.0 Å². The normalized spacial score (nSPS) is 15.4. The lowest BCUT2D eigenvalue weighted by atomic mass is 9.97. The van der Waals surface area contributed by atoms with Crippen molar-refractivity contribution < 1.29 is 28.3 Å². The molecule has 184 valence electrons. The van der Waals surface area contributed by atoms with Crippen LogP contribution in [0.3, 0.4) is 0 Å². The molecule has 4 rings (SSSR count). The summed E-state index contributed by atoms with van der Waals surface area (Å²) in [6, 6.07) is 10.5. The smallest absolute Gasteiger partial charge is 0.254 e. The average molecular weight is 481 g/mol. The third kappa shape index (κ3) is 5.21. The third-order valence-electron chi connectivity index (χ3n) is 5.87. The fourth-order valence-electron chi connectivity index (χ4n) is 4.17. The number of anilines is 1. The number of ether oxygens (including phenoxy) is 3. The Morgan fingerprint density at radius 2 is 1.74 bits per heavy atom. The summed E-state index contributed by atoms with van der Waals surface area (Å²) in [4.78, 5) is 30.9. The van der Waals surface area contributed by atoms with Crippen molar-refractivity contribution in [1.82, 2.24) is 15.0 Å². The van der Waals surface area contributed by atoms with Crippen molar-refractivity contribution >= 4 is 17.5 Å². The summed E-state index contributed by atoms with van der Waals surface area (Å²) in [5.74, 6) is 1.89. The van der Waals surface area contributed by atoms with E-state index in [1.165, 1.54) is 28.3 Å². The van der Waals surface area contributed by atoms with Crippen LogP contribution in [0.1, 0.15) is 41.9 Å². The van der Waals surface area contributed by atoms with Gasteiger partial charge in [-0.25, -0.2) is 0 Å². The van der Waals surface area contributed by atoms with Gasteiger partial charge in [0, 0.05) is 36.8 Å². The second-order valence-corrected chi connectivity index (χ2v) is 8.22. The first-order chi connectivity index (χ1) is 16.9. The highest BCUT2D eigenvalue weighted by molar-refractivity contribution is 5.95. The summed E-state index contributed by atoms with van der Waals surface area (Å²) >= 11 is 0. The lowest BCUT2D eigenvalue weighted by Gasteiger charge is -2.31. The molecule has 1 aliphatic rings. The summed E-state index contributed by atoms with van der Waals surface area (Å²) < 4.78 is 21.7. The number of aromatic nitrogens is 2. The Bertz CT molecular complexity index is 1180. The molecule has 1 fully saturated rings. The van der Waals surface area contributed by atoms with Gasteiger partial charge in [0.05, 0.1) is 27.2 Å². The molecule has 0 bridgehead atoms. The van der Waals surface area contributed by atoms with Gasteiger partial charge in [-0.2, -0.15) is 4.98 Å². The van der Waals surface area contributed by atoms with Crippen LogP contribution >= 0.6 is 0 Å². The van der Waals surface area contributed by atoms with Crippen LogP contribution in [0.5, 0.6) is 17.2 Å². The Labute approximate surface area is 203 Å². The summed E-state index contributed by atoms with van der Waals surface area (Å²) in [7, 11) is 4.55. The van der Waals surface area contributed by atoms with E-state index in [9.17, 15) is 9.59 Å². The molecule has 1 aromatic heterocycles. The number of methoxy groups -OCH3 is 3. The molecule has 1 saturated heterocycles. The minimum absolute atomic E-state index is 0.0744. The molecule has 1 atom stereocenters. The van der Waals surface area contributed by atoms with E-state index in [0.717, 1.165) is 18.4 Å². The highest BCUT2D eigenvalue weighted by atomic mass is 16.5. The first-order valence-corrected chi connectivity index (χ1v) is 11.2. The number of carbonyl (C=O) groups excluding carboxylic acids is 2. The van der Waals surface area contributed by atoms with E-state index in [2.05, 4.69) is 15.5 Å². The van der Waals surface area contributed by atoms with E-state index >= 15 is 0 Å². The van der Waals surface area contributed by atoms with Gasteiger partial charge in [-0.1, -0.05) is 5.16 Å². The molecule has 3 aromatic rings.